The summed E-state index contributed by atoms with van der Waals surface area (Å²) in [7, 11) is 0. The molecule has 2 aromatic rings. The lowest BCUT2D eigenvalue weighted by atomic mass is 9.94. The third kappa shape index (κ3) is 5.26. The average Bonchev–Trinajstić information content (AvgIpc) is 3.01. The van der Waals surface area contributed by atoms with Crippen LogP contribution in [0.5, 0.6) is 5.88 Å². The first-order valence-corrected chi connectivity index (χ1v) is 10.6. The molecule has 0 N–H and O–H groups in total. The second-order valence-electron chi connectivity index (χ2n) is 7.59. The first kappa shape index (κ1) is 22.4. The Hall–Kier alpha value is -2.26. The van der Waals surface area contributed by atoms with E-state index in [9.17, 15) is 14.9 Å². The number of nitrogens with zero attached hydrogens (tertiary/aromatic N) is 5. The first-order chi connectivity index (χ1) is 14.3. The van der Waals surface area contributed by atoms with Crippen molar-refractivity contribution in [2.75, 3.05) is 6.61 Å². The Labute approximate surface area is 183 Å². The molecule has 11 heteroatoms. The minimum absolute atomic E-state index is 0.0183. The summed E-state index contributed by atoms with van der Waals surface area (Å²) < 4.78 is 7.35. The van der Waals surface area contributed by atoms with E-state index in [2.05, 4.69) is 15.1 Å². The standard InChI is InChI=1S/C19H23Cl2N5O4/c1-11(9-16-15(20)10-22-19(21)23-16)7-8-30-18-17(26(28)29)12(2)25(24-18)13-3-5-14(27)6-4-13/h10-11,13H,3-9H2,1-2H3/t11-/m1/s1. The third-order valence-electron chi connectivity index (χ3n) is 5.31. The van der Waals surface area contributed by atoms with E-state index in [1.54, 1.807) is 11.6 Å². The van der Waals surface area contributed by atoms with Gasteiger partial charge in [-0.25, -0.2) is 9.97 Å². The fourth-order valence-corrected chi connectivity index (χ4v) is 3.94. The van der Waals surface area contributed by atoms with Gasteiger partial charge in [0.2, 0.25) is 5.28 Å². The number of aromatic nitrogens is 4. The van der Waals surface area contributed by atoms with Crippen LogP contribution in [0.1, 0.15) is 56.5 Å². The summed E-state index contributed by atoms with van der Waals surface area (Å²) in [4.78, 5) is 30.6. The van der Waals surface area contributed by atoms with Crippen molar-refractivity contribution in [2.24, 2.45) is 5.92 Å². The molecule has 162 valence electrons. The molecule has 0 aromatic carbocycles. The zero-order valence-corrected chi connectivity index (χ0v) is 18.3. The minimum Gasteiger partial charge on any atom is -0.472 e. The van der Waals surface area contributed by atoms with Crippen molar-refractivity contribution >= 4 is 34.7 Å². The number of ether oxygens (including phenoxy) is 1. The predicted molar refractivity (Wildman–Crippen MR) is 111 cm³/mol. The van der Waals surface area contributed by atoms with Gasteiger partial charge in [0.25, 0.3) is 0 Å². The Bertz CT molecular complexity index is 939. The Morgan fingerprint density at radius 1 is 1.37 bits per heavy atom. The average molecular weight is 456 g/mol. The molecule has 30 heavy (non-hydrogen) atoms. The van der Waals surface area contributed by atoms with E-state index in [4.69, 9.17) is 27.9 Å². The molecule has 1 fully saturated rings. The highest BCUT2D eigenvalue weighted by atomic mass is 35.5. The van der Waals surface area contributed by atoms with E-state index in [1.165, 1.54) is 6.20 Å². The zero-order valence-electron chi connectivity index (χ0n) is 16.8. The molecule has 3 rings (SSSR count). The van der Waals surface area contributed by atoms with Crippen molar-refractivity contribution in [3.63, 3.8) is 0 Å². The van der Waals surface area contributed by atoms with Gasteiger partial charge in [0.05, 0.1) is 34.5 Å². The van der Waals surface area contributed by atoms with Gasteiger partial charge in [-0.15, -0.1) is 5.10 Å². The maximum absolute atomic E-state index is 11.6. The summed E-state index contributed by atoms with van der Waals surface area (Å²) in [6.45, 7) is 3.93. The van der Waals surface area contributed by atoms with E-state index in [-0.39, 0.29) is 41.2 Å². The van der Waals surface area contributed by atoms with Crippen molar-refractivity contribution in [3.05, 3.63) is 38.0 Å². The Morgan fingerprint density at radius 3 is 2.73 bits per heavy atom. The molecular weight excluding hydrogens is 433 g/mol. The van der Waals surface area contributed by atoms with Gasteiger partial charge in [0.1, 0.15) is 11.5 Å². The van der Waals surface area contributed by atoms with E-state index < -0.39 is 4.92 Å². The maximum atomic E-state index is 11.6. The fourth-order valence-electron chi connectivity index (χ4n) is 3.63. The van der Waals surface area contributed by atoms with Crippen LogP contribution in [0.4, 0.5) is 5.69 Å². The van der Waals surface area contributed by atoms with Crippen LogP contribution in [0.2, 0.25) is 10.3 Å². The molecule has 0 bridgehead atoms. The molecule has 0 saturated heterocycles. The minimum atomic E-state index is -0.464. The van der Waals surface area contributed by atoms with Crippen LogP contribution in [0.3, 0.4) is 0 Å². The third-order valence-corrected chi connectivity index (χ3v) is 5.81. The molecule has 0 amide bonds. The number of halogens is 2. The van der Waals surface area contributed by atoms with E-state index in [1.807, 2.05) is 6.92 Å². The second-order valence-corrected chi connectivity index (χ2v) is 8.34. The van der Waals surface area contributed by atoms with Crippen molar-refractivity contribution in [2.45, 2.75) is 58.4 Å². The summed E-state index contributed by atoms with van der Waals surface area (Å²) in [5.74, 6) is 0.394. The normalized spacial score (nSPS) is 15.9. The van der Waals surface area contributed by atoms with Gasteiger partial charge in [-0.3, -0.25) is 19.6 Å². The molecule has 1 aliphatic rings. The molecule has 1 saturated carbocycles. The monoisotopic (exact) mass is 455 g/mol. The summed E-state index contributed by atoms with van der Waals surface area (Å²) >= 11 is 11.9. The number of ketones is 1. The molecule has 1 aliphatic carbocycles. The van der Waals surface area contributed by atoms with Gasteiger partial charge in [-0.2, -0.15) is 0 Å². The number of nitro groups is 1. The predicted octanol–water partition coefficient (Wildman–Crippen LogP) is 4.53. The number of carbonyl (C=O) groups is 1. The largest absolute Gasteiger partial charge is 0.472 e. The molecule has 0 aliphatic heterocycles. The molecule has 0 unspecified atom stereocenters. The van der Waals surface area contributed by atoms with Crippen LogP contribution in [0.15, 0.2) is 6.20 Å². The van der Waals surface area contributed by atoms with Crippen LogP contribution < -0.4 is 4.74 Å². The maximum Gasteiger partial charge on any atom is 0.352 e. The van der Waals surface area contributed by atoms with Crippen LogP contribution in [-0.4, -0.2) is 37.1 Å². The van der Waals surface area contributed by atoms with Gasteiger partial charge >= 0.3 is 11.6 Å². The van der Waals surface area contributed by atoms with Gasteiger partial charge in [-0.1, -0.05) is 18.5 Å². The van der Waals surface area contributed by atoms with Crippen LogP contribution in [-0.2, 0) is 11.2 Å². The number of hydrogen-bond acceptors (Lipinski definition) is 7. The highest BCUT2D eigenvalue weighted by Crippen LogP contribution is 2.35. The molecule has 1 atom stereocenters. The molecule has 2 aromatic heterocycles. The molecule has 2 heterocycles. The smallest absolute Gasteiger partial charge is 0.352 e. The number of hydrogen-bond donors (Lipinski definition) is 0. The Balaban J connectivity index is 1.64. The van der Waals surface area contributed by atoms with Gasteiger partial charge in [-0.05, 0) is 50.1 Å². The highest BCUT2D eigenvalue weighted by molar-refractivity contribution is 6.31. The molecule has 0 radical (unpaired) electrons. The number of carbonyl (C=O) groups excluding carboxylic acids is 1. The van der Waals surface area contributed by atoms with E-state index in [0.717, 1.165) is 0 Å². The van der Waals surface area contributed by atoms with Crippen LogP contribution in [0.25, 0.3) is 0 Å². The van der Waals surface area contributed by atoms with Crippen molar-refractivity contribution in [1.82, 2.24) is 19.7 Å². The fraction of sp³-hybridized carbons (Fsp3) is 0.579. The molecule has 0 spiro atoms. The summed E-state index contributed by atoms with van der Waals surface area (Å²) in [5.41, 5.74) is 0.983. The lowest BCUT2D eigenvalue weighted by Gasteiger charge is -2.21. The van der Waals surface area contributed by atoms with E-state index in [0.29, 0.717) is 54.9 Å². The van der Waals surface area contributed by atoms with Crippen molar-refractivity contribution in [1.29, 1.82) is 0 Å². The van der Waals surface area contributed by atoms with Gasteiger partial charge in [0, 0.05) is 12.8 Å². The number of Topliss-reactive ketones (excluding diaryl/α,β-unsaturated/α-hetero) is 1. The van der Waals surface area contributed by atoms with Gasteiger partial charge in [0.15, 0.2) is 0 Å². The SMILES string of the molecule is Cc1c([N+](=O)[O-])c(OCC[C@@H](C)Cc2nc(Cl)ncc2Cl)nn1C1CCC(=O)CC1. The quantitative estimate of drug-likeness (QED) is 0.326. The lowest BCUT2D eigenvalue weighted by Crippen LogP contribution is -2.19. The highest BCUT2D eigenvalue weighted by Gasteiger charge is 2.31. The molecular formula is C19H23Cl2N5O4. The Morgan fingerprint density at radius 2 is 2.07 bits per heavy atom. The summed E-state index contributed by atoms with van der Waals surface area (Å²) in [5, 5.41) is 16.5. The Kier molecular flexibility index (Phi) is 7.25. The first-order valence-electron chi connectivity index (χ1n) is 9.81. The van der Waals surface area contributed by atoms with Gasteiger partial charge < -0.3 is 4.74 Å². The van der Waals surface area contributed by atoms with Crippen molar-refractivity contribution < 1.29 is 14.5 Å². The zero-order chi connectivity index (χ0) is 21.8. The number of rotatable bonds is 8. The summed E-state index contributed by atoms with van der Waals surface area (Å²) in [6, 6.07) is -0.0256. The van der Waals surface area contributed by atoms with Crippen LogP contribution >= 0.6 is 23.2 Å². The second kappa shape index (κ2) is 9.70. The van der Waals surface area contributed by atoms with E-state index >= 15 is 0 Å². The molecule has 9 nitrogen and oxygen atoms in total. The topological polar surface area (TPSA) is 113 Å². The van der Waals surface area contributed by atoms with Crippen LogP contribution in [0, 0.1) is 23.0 Å². The summed E-state index contributed by atoms with van der Waals surface area (Å²) in [6.07, 6.45) is 4.89. The lowest BCUT2D eigenvalue weighted by molar-refractivity contribution is -0.386. The van der Waals surface area contributed by atoms with Crippen molar-refractivity contribution in [3.8, 4) is 5.88 Å².